The molecule has 0 aliphatic carbocycles. The Balaban J connectivity index is 1.45. The van der Waals surface area contributed by atoms with E-state index in [4.69, 9.17) is 14.9 Å². The number of aliphatic imine (C=N–C) groups is 1. The maximum atomic E-state index is 13.2. The largest absolute Gasteiger partial charge is 0.490 e. The molecule has 6 nitrogen and oxygen atoms in total. The highest BCUT2D eigenvalue weighted by atomic mass is 79.9. The van der Waals surface area contributed by atoms with Crippen LogP contribution < -0.4 is 9.47 Å². The van der Waals surface area contributed by atoms with Crippen LogP contribution in [-0.4, -0.2) is 28.4 Å². The molecule has 1 N–H and O–H groups in total. The van der Waals surface area contributed by atoms with Crippen molar-refractivity contribution in [3.05, 3.63) is 105 Å². The highest BCUT2D eigenvalue weighted by molar-refractivity contribution is 9.10. The van der Waals surface area contributed by atoms with Crippen LogP contribution in [0.4, 0.5) is 4.39 Å². The summed E-state index contributed by atoms with van der Waals surface area (Å²) in [6.45, 7) is 2.49. The molecule has 0 bridgehead atoms. The van der Waals surface area contributed by atoms with Gasteiger partial charge in [-0.1, -0.05) is 54.2 Å². The topological polar surface area (TPSA) is 75.0 Å². The maximum Gasteiger partial charge on any atom is 0.283 e. The van der Waals surface area contributed by atoms with Gasteiger partial charge in [-0.15, -0.1) is 0 Å². The predicted molar refractivity (Wildman–Crippen MR) is 148 cm³/mol. The van der Waals surface area contributed by atoms with Gasteiger partial charge in [0.1, 0.15) is 18.3 Å². The number of thioether (sulfide) groups is 1. The number of hydrogen-bond acceptors (Lipinski definition) is 5. The third-order valence-electron chi connectivity index (χ3n) is 5.62. The van der Waals surface area contributed by atoms with Gasteiger partial charge in [-0.05, 0) is 69.9 Å². The van der Waals surface area contributed by atoms with Crippen molar-refractivity contribution in [2.45, 2.75) is 13.5 Å². The number of ether oxygens (including phenoxy) is 2. The fourth-order valence-corrected chi connectivity index (χ4v) is 5.35. The quantitative estimate of drug-likeness (QED) is 0.310. The van der Waals surface area contributed by atoms with Crippen LogP contribution in [0.15, 0.2) is 87.2 Å². The van der Waals surface area contributed by atoms with Crippen LogP contribution in [0.25, 0.3) is 11.8 Å². The molecule has 0 saturated carbocycles. The van der Waals surface area contributed by atoms with Gasteiger partial charge in [0.15, 0.2) is 16.7 Å². The highest BCUT2D eigenvalue weighted by Gasteiger charge is 2.36. The number of nitrogens with one attached hydrogen (secondary N) is 1. The summed E-state index contributed by atoms with van der Waals surface area (Å²) in [5.41, 5.74) is 3.36. The molecule has 0 saturated heterocycles. The Labute approximate surface area is 226 Å². The molecular weight excluding hydrogens is 557 g/mol. The second-order valence-corrected chi connectivity index (χ2v) is 9.80. The van der Waals surface area contributed by atoms with Gasteiger partial charge in [-0.2, -0.15) is 4.99 Å². The van der Waals surface area contributed by atoms with Crippen LogP contribution in [0, 0.1) is 11.2 Å². The summed E-state index contributed by atoms with van der Waals surface area (Å²) in [5, 5.41) is 11.2. The summed E-state index contributed by atoms with van der Waals surface area (Å²) in [6.07, 6.45) is 1.63. The zero-order chi connectivity index (χ0) is 25.9. The fourth-order valence-electron chi connectivity index (χ4n) is 3.89. The summed E-state index contributed by atoms with van der Waals surface area (Å²) in [4.78, 5) is 18.8. The van der Waals surface area contributed by atoms with E-state index in [2.05, 4.69) is 20.9 Å². The van der Waals surface area contributed by atoms with Crippen molar-refractivity contribution in [3.63, 3.8) is 0 Å². The van der Waals surface area contributed by atoms with Gasteiger partial charge in [0.25, 0.3) is 5.91 Å². The van der Waals surface area contributed by atoms with Crippen molar-refractivity contribution >= 4 is 56.4 Å². The van der Waals surface area contributed by atoms with Crippen molar-refractivity contribution in [1.82, 2.24) is 4.90 Å². The SMILES string of the molecule is CCOc1cc(/C=C2/C(=N)N3C(c4ccccc4)=CSC3=NC2=O)cc(Br)c1OCc1ccc(F)cc1. The van der Waals surface area contributed by atoms with E-state index < -0.39 is 5.91 Å². The van der Waals surface area contributed by atoms with E-state index in [1.165, 1.54) is 23.9 Å². The molecule has 0 unspecified atom stereocenters. The van der Waals surface area contributed by atoms with Gasteiger partial charge >= 0.3 is 0 Å². The van der Waals surface area contributed by atoms with Gasteiger partial charge in [0, 0.05) is 5.41 Å². The molecule has 3 aromatic rings. The van der Waals surface area contributed by atoms with E-state index in [0.717, 1.165) is 16.8 Å². The van der Waals surface area contributed by atoms with Crippen molar-refractivity contribution in [3.8, 4) is 11.5 Å². The van der Waals surface area contributed by atoms with E-state index in [9.17, 15) is 9.18 Å². The molecule has 5 rings (SSSR count). The number of benzene rings is 3. The lowest BCUT2D eigenvalue weighted by Crippen LogP contribution is -2.38. The summed E-state index contributed by atoms with van der Waals surface area (Å²) >= 11 is 4.87. The van der Waals surface area contributed by atoms with Crippen molar-refractivity contribution < 1.29 is 18.7 Å². The zero-order valence-electron chi connectivity index (χ0n) is 19.7. The second kappa shape index (κ2) is 10.7. The molecule has 0 atom stereocenters. The second-order valence-electron chi connectivity index (χ2n) is 8.11. The number of carbonyl (C=O) groups excluding carboxylic acids is 1. The Morgan fingerprint density at radius 2 is 1.86 bits per heavy atom. The number of fused-ring (bicyclic) bond motifs is 1. The Hall–Kier alpha value is -3.69. The fraction of sp³-hybridized carbons (Fsp3) is 0.107. The van der Waals surface area contributed by atoms with Crippen LogP contribution in [0.3, 0.4) is 0 Å². The number of amides is 1. The smallest absolute Gasteiger partial charge is 0.283 e. The van der Waals surface area contributed by atoms with Crippen LogP contribution in [0.5, 0.6) is 11.5 Å². The van der Waals surface area contributed by atoms with Crippen LogP contribution >= 0.6 is 27.7 Å². The minimum atomic E-state index is -0.475. The third kappa shape index (κ3) is 5.23. The third-order valence-corrected chi connectivity index (χ3v) is 7.04. The average molecular weight is 578 g/mol. The Kier molecular flexibility index (Phi) is 7.25. The standard InChI is InChI=1S/C28H21BrFN3O3S/c1-2-35-24-14-18(13-22(29)25(24)36-15-17-8-10-20(30)11-9-17)12-21-26(31)33-23(19-6-4-3-5-7-19)16-37-28(33)32-27(21)34/h3-14,16,31H,2,15H2,1H3/b21-12-,31-26?. The molecule has 1 amide bonds. The number of rotatable bonds is 7. The lowest BCUT2D eigenvalue weighted by atomic mass is 10.1. The molecular formula is C28H21BrFN3O3S. The van der Waals surface area contributed by atoms with E-state index in [1.807, 2.05) is 42.7 Å². The first-order valence-corrected chi connectivity index (χ1v) is 13.1. The van der Waals surface area contributed by atoms with Gasteiger partial charge in [-0.3, -0.25) is 15.1 Å². The molecule has 0 aromatic heterocycles. The van der Waals surface area contributed by atoms with E-state index in [1.54, 1.807) is 35.2 Å². The number of amidine groups is 2. The molecule has 9 heteroatoms. The Morgan fingerprint density at radius 3 is 2.59 bits per heavy atom. The maximum absolute atomic E-state index is 13.2. The molecule has 37 heavy (non-hydrogen) atoms. The van der Waals surface area contributed by atoms with Crippen molar-refractivity contribution in [2.75, 3.05) is 6.61 Å². The summed E-state index contributed by atoms with van der Waals surface area (Å²) in [5.74, 6) is 0.240. The Bertz CT molecular complexity index is 1470. The molecule has 0 fully saturated rings. The van der Waals surface area contributed by atoms with Crippen LogP contribution in [0.2, 0.25) is 0 Å². The molecule has 2 aliphatic rings. The monoisotopic (exact) mass is 577 g/mol. The van der Waals surface area contributed by atoms with E-state index in [-0.39, 0.29) is 23.8 Å². The van der Waals surface area contributed by atoms with Gasteiger partial charge in [0.2, 0.25) is 0 Å². The lowest BCUT2D eigenvalue weighted by molar-refractivity contribution is -0.114. The number of halogens is 2. The number of nitrogens with zero attached hydrogens (tertiary/aromatic N) is 2. The molecule has 3 aromatic carbocycles. The van der Waals surface area contributed by atoms with Crippen molar-refractivity contribution in [2.24, 2.45) is 4.99 Å². The Morgan fingerprint density at radius 1 is 1.11 bits per heavy atom. The summed E-state index contributed by atoms with van der Waals surface area (Å²) < 4.78 is 25.6. The van der Waals surface area contributed by atoms with Crippen LogP contribution in [-0.2, 0) is 11.4 Å². The average Bonchev–Trinajstić information content (AvgIpc) is 3.32. The molecule has 0 radical (unpaired) electrons. The molecule has 186 valence electrons. The molecule has 2 aliphatic heterocycles. The molecule has 2 heterocycles. The predicted octanol–water partition coefficient (Wildman–Crippen LogP) is 6.87. The summed E-state index contributed by atoms with van der Waals surface area (Å²) in [6, 6.07) is 19.3. The zero-order valence-corrected chi connectivity index (χ0v) is 22.1. The lowest BCUT2D eigenvalue weighted by Gasteiger charge is -2.27. The highest BCUT2D eigenvalue weighted by Crippen LogP contribution is 2.40. The first kappa shape index (κ1) is 25.0. The van der Waals surface area contributed by atoms with Crippen LogP contribution in [0.1, 0.15) is 23.6 Å². The summed E-state index contributed by atoms with van der Waals surface area (Å²) in [7, 11) is 0. The normalized spacial score (nSPS) is 16.0. The first-order valence-electron chi connectivity index (χ1n) is 11.4. The minimum absolute atomic E-state index is 0.0563. The van der Waals surface area contributed by atoms with E-state index >= 15 is 0 Å². The van der Waals surface area contributed by atoms with Crippen molar-refractivity contribution in [1.29, 1.82) is 5.41 Å². The van der Waals surface area contributed by atoms with Gasteiger partial charge in [0.05, 0.1) is 22.3 Å². The minimum Gasteiger partial charge on any atom is -0.490 e. The number of carbonyl (C=O) groups is 1. The van der Waals surface area contributed by atoms with E-state index in [0.29, 0.717) is 33.3 Å². The van der Waals surface area contributed by atoms with Gasteiger partial charge < -0.3 is 9.47 Å². The first-order chi connectivity index (χ1) is 17.9. The molecule has 0 spiro atoms. The number of hydrogen-bond donors (Lipinski definition) is 1. The van der Waals surface area contributed by atoms with Gasteiger partial charge in [-0.25, -0.2) is 4.39 Å².